The molecule has 1 saturated carbocycles. The predicted octanol–water partition coefficient (Wildman–Crippen LogP) is 3.38. The molecular formula is C17H34N2. The predicted molar refractivity (Wildman–Crippen MR) is 83.4 cm³/mol. The summed E-state index contributed by atoms with van der Waals surface area (Å²) < 4.78 is 0. The second-order valence-electron chi connectivity index (χ2n) is 8.06. The van der Waals surface area contributed by atoms with Crippen LogP contribution in [0.5, 0.6) is 0 Å². The highest BCUT2D eigenvalue weighted by atomic mass is 15.1. The van der Waals surface area contributed by atoms with Gasteiger partial charge < -0.3 is 10.2 Å². The van der Waals surface area contributed by atoms with Crippen molar-refractivity contribution >= 4 is 0 Å². The molecule has 0 aromatic rings. The largest absolute Gasteiger partial charge is 0.319 e. The molecule has 0 radical (unpaired) electrons. The summed E-state index contributed by atoms with van der Waals surface area (Å²) in [5.74, 6) is 2.84. The van der Waals surface area contributed by atoms with E-state index < -0.39 is 0 Å². The molecule has 0 bridgehead atoms. The van der Waals surface area contributed by atoms with Crippen LogP contribution in [0.25, 0.3) is 0 Å². The van der Waals surface area contributed by atoms with E-state index in [1.807, 2.05) is 0 Å². The van der Waals surface area contributed by atoms with E-state index in [2.05, 4.69) is 38.0 Å². The summed E-state index contributed by atoms with van der Waals surface area (Å²) in [4.78, 5) is 2.73. The molecule has 1 unspecified atom stereocenters. The Bertz CT molecular complexity index is 261. The first-order chi connectivity index (χ1) is 8.99. The second kappa shape index (κ2) is 6.58. The van der Waals surface area contributed by atoms with E-state index in [4.69, 9.17) is 0 Å². The average Bonchev–Trinajstić information content (AvgIpc) is 2.77. The van der Waals surface area contributed by atoms with E-state index in [1.54, 1.807) is 0 Å². The maximum atomic E-state index is 3.33. The Hall–Kier alpha value is -0.0800. The Morgan fingerprint density at radius 3 is 2.26 bits per heavy atom. The Kier molecular flexibility index (Phi) is 5.30. The molecule has 2 aliphatic rings. The number of nitrogens with zero attached hydrogens (tertiary/aromatic N) is 1. The van der Waals surface area contributed by atoms with Crippen LogP contribution in [0.4, 0.5) is 0 Å². The van der Waals surface area contributed by atoms with Gasteiger partial charge in [-0.15, -0.1) is 0 Å². The lowest BCUT2D eigenvalue weighted by Crippen LogP contribution is -2.33. The van der Waals surface area contributed by atoms with Gasteiger partial charge in [0.05, 0.1) is 0 Å². The molecule has 1 atom stereocenters. The van der Waals surface area contributed by atoms with Gasteiger partial charge in [-0.25, -0.2) is 0 Å². The molecule has 2 fully saturated rings. The van der Waals surface area contributed by atoms with Crippen LogP contribution in [0.3, 0.4) is 0 Å². The van der Waals surface area contributed by atoms with Crippen LogP contribution >= 0.6 is 0 Å². The number of likely N-dealkylation sites (tertiary alicyclic amines) is 1. The molecule has 2 heteroatoms. The SMILES string of the molecule is CNCC1CCN(CC2CCC(C(C)(C)C)CC2)C1. The normalized spacial score (nSPS) is 33.8. The van der Waals surface area contributed by atoms with Gasteiger partial charge in [0.2, 0.25) is 0 Å². The highest BCUT2D eigenvalue weighted by molar-refractivity contribution is 4.84. The molecule has 19 heavy (non-hydrogen) atoms. The van der Waals surface area contributed by atoms with Gasteiger partial charge >= 0.3 is 0 Å². The molecule has 2 rings (SSSR count). The molecule has 2 nitrogen and oxygen atoms in total. The Morgan fingerprint density at radius 1 is 1.00 bits per heavy atom. The second-order valence-corrected chi connectivity index (χ2v) is 8.06. The first kappa shape index (κ1) is 15.3. The molecule has 0 amide bonds. The van der Waals surface area contributed by atoms with Crippen molar-refractivity contribution in [1.82, 2.24) is 10.2 Å². The fourth-order valence-corrected chi connectivity index (χ4v) is 4.11. The third-order valence-corrected chi connectivity index (χ3v) is 5.45. The summed E-state index contributed by atoms with van der Waals surface area (Å²) in [5, 5.41) is 3.33. The quantitative estimate of drug-likeness (QED) is 0.839. The van der Waals surface area contributed by atoms with Crippen LogP contribution in [-0.2, 0) is 0 Å². The fraction of sp³-hybridized carbons (Fsp3) is 1.00. The van der Waals surface area contributed by atoms with Gasteiger partial charge in [0.15, 0.2) is 0 Å². The monoisotopic (exact) mass is 266 g/mol. The minimum atomic E-state index is 0.524. The van der Waals surface area contributed by atoms with Crippen molar-refractivity contribution in [2.75, 3.05) is 33.2 Å². The van der Waals surface area contributed by atoms with Gasteiger partial charge in [-0.2, -0.15) is 0 Å². The summed E-state index contributed by atoms with van der Waals surface area (Å²) in [5.41, 5.74) is 0.524. The molecule has 1 saturated heterocycles. The topological polar surface area (TPSA) is 15.3 Å². The summed E-state index contributed by atoms with van der Waals surface area (Å²) in [6.45, 7) is 12.5. The zero-order chi connectivity index (χ0) is 13.9. The number of hydrogen-bond acceptors (Lipinski definition) is 2. The molecule has 1 aliphatic carbocycles. The summed E-state index contributed by atoms with van der Waals surface area (Å²) in [6.07, 6.45) is 7.26. The van der Waals surface area contributed by atoms with Crippen molar-refractivity contribution in [3.8, 4) is 0 Å². The van der Waals surface area contributed by atoms with Crippen LogP contribution in [0.1, 0.15) is 52.9 Å². The molecular weight excluding hydrogens is 232 g/mol. The average molecular weight is 266 g/mol. The van der Waals surface area contributed by atoms with Crippen molar-refractivity contribution in [2.24, 2.45) is 23.2 Å². The van der Waals surface area contributed by atoms with Crippen molar-refractivity contribution in [3.05, 3.63) is 0 Å². The number of rotatable bonds is 4. The van der Waals surface area contributed by atoms with Gasteiger partial charge in [0, 0.05) is 13.1 Å². The minimum absolute atomic E-state index is 0.524. The lowest BCUT2D eigenvalue weighted by molar-refractivity contribution is 0.130. The van der Waals surface area contributed by atoms with Crippen LogP contribution < -0.4 is 5.32 Å². The molecule has 1 aliphatic heterocycles. The first-order valence-electron chi connectivity index (χ1n) is 8.36. The van der Waals surface area contributed by atoms with E-state index in [0.29, 0.717) is 5.41 Å². The smallest absolute Gasteiger partial charge is 0.00224 e. The fourth-order valence-electron chi connectivity index (χ4n) is 4.11. The third-order valence-electron chi connectivity index (χ3n) is 5.45. The van der Waals surface area contributed by atoms with E-state index in [1.165, 1.54) is 58.3 Å². The van der Waals surface area contributed by atoms with Crippen molar-refractivity contribution in [2.45, 2.75) is 52.9 Å². The van der Waals surface area contributed by atoms with Crippen molar-refractivity contribution in [1.29, 1.82) is 0 Å². The minimum Gasteiger partial charge on any atom is -0.319 e. The number of hydrogen-bond donors (Lipinski definition) is 1. The maximum Gasteiger partial charge on any atom is 0.00224 e. The van der Waals surface area contributed by atoms with Gasteiger partial charge in [-0.1, -0.05) is 20.8 Å². The molecule has 1 N–H and O–H groups in total. The molecule has 112 valence electrons. The van der Waals surface area contributed by atoms with Gasteiger partial charge in [0.1, 0.15) is 0 Å². The first-order valence-corrected chi connectivity index (χ1v) is 8.36. The molecule has 0 aromatic heterocycles. The highest BCUT2D eigenvalue weighted by Crippen LogP contribution is 2.40. The van der Waals surface area contributed by atoms with Crippen LogP contribution in [-0.4, -0.2) is 38.1 Å². The summed E-state index contributed by atoms with van der Waals surface area (Å²) in [7, 11) is 2.08. The zero-order valence-electron chi connectivity index (χ0n) is 13.5. The molecule has 0 spiro atoms. The summed E-state index contributed by atoms with van der Waals surface area (Å²) in [6, 6.07) is 0. The van der Waals surface area contributed by atoms with Gasteiger partial charge in [-0.3, -0.25) is 0 Å². The van der Waals surface area contributed by atoms with Crippen LogP contribution in [0.15, 0.2) is 0 Å². The lowest BCUT2D eigenvalue weighted by atomic mass is 9.70. The Balaban J connectivity index is 1.69. The van der Waals surface area contributed by atoms with E-state index in [0.717, 1.165) is 17.8 Å². The van der Waals surface area contributed by atoms with Crippen molar-refractivity contribution < 1.29 is 0 Å². The van der Waals surface area contributed by atoms with E-state index >= 15 is 0 Å². The lowest BCUT2D eigenvalue weighted by Gasteiger charge is -2.38. The standard InChI is InChI=1S/C17H34N2/c1-17(2,3)16-7-5-14(6-8-16)12-19-10-9-15(13-19)11-18-4/h14-16,18H,5-13H2,1-4H3. The van der Waals surface area contributed by atoms with E-state index in [-0.39, 0.29) is 0 Å². The number of nitrogens with one attached hydrogen (secondary N) is 1. The van der Waals surface area contributed by atoms with Crippen LogP contribution in [0, 0.1) is 23.2 Å². The Morgan fingerprint density at radius 2 is 1.68 bits per heavy atom. The zero-order valence-corrected chi connectivity index (χ0v) is 13.5. The summed E-state index contributed by atoms with van der Waals surface area (Å²) >= 11 is 0. The Labute approximate surface area is 120 Å². The van der Waals surface area contributed by atoms with E-state index in [9.17, 15) is 0 Å². The van der Waals surface area contributed by atoms with Gasteiger partial charge in [-0.05, 0) is 75.4 Å². The van der Waals surface area contributed by atoms with Crippen LogP contribution in [0.2, 0.25) is 0 Å². The molecule has 0 aromatic carbocycles. The van der Waals surface area contributed by atoms with Gasteiger partial charge in [0.25, 0.3) is 0 Å². The maximum absolute atomic E-state index is 3.33. The third kappa shape index (κ3) is 4.46. The highest BCUT2D eigenvalue weighted by Gasteiger charge is 2.31. The molecule has 1 heterocycles. The van der Waals surface area contributed by atoms with Crippen molar-refractivity contribution in [3.63, 3.8) is 0 Å².